The van der Waals surface area contributed by atoms with Crippen molar-refractivity contribution in [2.75, 3.05) is 6.54 Å². The Balaban J connectivity index is 1.88. The second kappa shape index (κ2) is 3.49. The first kappa shape index (κ1) is 11.6. The summed E-state index contributed by atoms with van der Waals surface area (Å²) in [6.45, 7) is 8.31. The molecule has 2 heteroatoms. The van der Waals surface area contributed by atoms with Crippen LogP contribution in [0.1, 0.15) is 59.3 Å². The van der Waals surface area contributed by atoms with Crippen molar-refractivity contribution in [3.05, 3.63) is 0 Å². The van der Waals surface area contributed by atoms with E-state index in [4.69, 9.17) is 0 Å². The minimum Gasteiger partial charge on any atom is -0.339 e. The van der Waals surface area contributed by atoms with Gasteiger partial charge in [0.1, 0.15) is 0 Å². The van der Waals surface area contributed by atoms with Crippen molar-refractivity contribution in [2.24, 2.45) is 16.7 Å². The molecule has 0 spiro atoms. The molecule has 1 aliphatic heterocycles. The summed E-state index contributed by atoms with van der Waals surface area (Å²) < 4.78 is 0. The lowest BCUT2D eigenvalue weighted by Gasteiger charge is -2.45. The number of piperidine rings is 1. The van der Waals surface area contributed by atoms with Crippen LogP contribution in [0.4, 0.5) is 0 Å². The molecule has 3 fully saturated rings. The van der Waals surface area contributed by atoms with E-state index >= 15 is 0 Å². The van der Waals surface area contributed by atoms with E-state index in [1.54, 1.807) is 0 Å². The minimum atomic E-state index is 0.366. The van der Waals surface area contributed by atoms with Gasteiger partial charge in [-0.1, -0.05) is 20.8 Å². The lowest BCUT2D eigenvalue weighted by Crippen LogP contribution is -2.51. The maximum atomic E-state index is 12.1. The lowest BCUT2D eigenvalue weighted by atomic mass is 9.68. The number of fused-ring (bicyclic) bond motifs is 2. The van der Waals surface area contributed by atoms with Gasteiger partial charge in [-0.3, -0.25) is 4.79 Å². The Bertz CT molecular complexity index is 349. The fraction of sp³-hybridized carbons (Fsp3) is 0.933. The Morgan fingerprint density at radius 3 is 2.53 bits per heavy atom. The molecule has 1 saturated heterocycles. The van der Waals surface area contributed by atoms with Crippen molar-refractivity contribution < 1.29 is 4.79 Å². The summed E-state index contributed by atoms with van der Waals surface area (Å²) in [5, 5.41) is 0. The first-order valence-electron chi connectivity index (χ1n) is 7.26. The molecule has 96 valence electrons. The third-order valence-corrected chi connectivity index (χ3v) is 6.48. The van der Waals surface area contributed by atoms with Crippen molar-refractivity contribution in [1.82, 2.24) is 4.90 Å². The van der Waals surface area contributed by atoms with E-state index in [1.807, 2.05) is 0 Å². The summed E-state index contributed by atoms with van der Waals surface area (Å²) in [5.74, 6) is 1.26. The lowest BCUT2D eigenvalue weighted by molar-refractivity contribution is -0.139. The molecule has 3 aliphatic rings. The van der Waals surface area contributed by atoms with Gasteiger partial charge in [-0.25, -0.2) is 0 Å². The van der Waals surface area contributed by atoms with E-state index in [-0.39, 0.29) is 0 Å². The molecule has 0 radical (unpaired) electrons. The van der Waals surface area contributed by atoms with E-state index in [9.17, 15) is 4.79 Å². The maximum absolute atomic E-state index is 12.1. The second-order valence-corrected chi connectivity index (χ2v) is 7.17. The number of hydrogen-bond donors (Lipinski definition) is 0. The fourth-order valence-electron chi connectivity index (χ4n) is 4.79. The van der Waals surface area contributed by atoms with Crippen molar-refractivity contribution in [3.63, 3.8) is 0 Å². The monoisotopic (exact) mass is 235 g/mol. The Morgan fingerprint density at radius 2 is 2.00 bits per heavy atom. The molecule has 0 N–H and O–H groups in total. The standard InChI is InChI=1S/C15H25NO/c1-14(2)11-7-8-15(14,3)12(10-11)16-9-5-4-6-13(16)17/h11-12H,4-10H2,1-3H3. The first-order chi connectivity index (χ1) is 7.97. The van der Waals surface area contributed by atoms with Gasteiger partial charge in [0.15, 0.2) is 0 Å². The second-order valence-electron chi connectivity index (χ2n) is 7.17. The highest BCUT2D eigenvalue weighted by molar-refractivity contribution is 5.77. The molecule has 2 saturated carbocycles. The van der Waals surface area contributed by atoms with Crippen molar-refractivity contribution >= 4 is 5.91 Å². The zero-order valence-electron chi connectivity index (χ0n) is 11.5. The Hall–Kier alpha value is -0.530. The number of carbonyl (C=O) groups is 1. The minimum absolute atomic E-state index is 0.366. The first-order valence-corrected chi connectivity index (χ1v) is 7.26. The number of carbonyl (C=O) groups excluding carboxylic acids is 1. The molecule has 1 heterocycles. The predicted molar refractivity (Wildman–Crippen MR) is 68.6 cm³/mol. The van der Waals surface area contributed by atoms with Crippen LogP contribution >= 0.6 is 0 Å². The quantitative estimate of drug-likeness (QED) is 0.683. The molecule has 3 atom stereocenters. The van der Waals surface area contributed by atoms with Crippen molar-refractivity contribution in [1.29, 1.82) is 0 Å². The maximum Gasteiger partial charge on any atom is 0.222 e. The number of rotatable bonds is 1. The van der Waals surface area contributed by atoms with Crippen LogP contribution in [-0.2, 0) is 4.79 Å². The van der Waals surface area contributed by atoms with Gasteiger partial charge in [-0.2, -0.15) is 0 Å². The Morgan fingerprint density at radius 1 is 1.24 bits per heavy atom. The highest BCUT2D eigenvalue weighted by atomic mass is 16.2. The van der Waals surface area contributed by atoms with Crippen molar-refractivity contribution in [2.45, 2.75) is 65.3 Å². The molecule has 17 heavy (non-hydrogen) atoms. The molecule has 2 aliphatic carbocycles. The Labute approximate surface area is 105 Å². The molecule has 1 amide bonds. The third-order valence-electron chi connectivity index (χ3n) is 6.48. The van der Waals surface area contributed by atoms with E-state index in [0.29, 0.717) is 22.8 Å². The highest BCUT2D eigenvalue weighted by Crippen LogP contribution is 2.66. The SMILES string of the molecule is CC1(C)C2CCC1(C)C(N1CCCCC1=O)C2. The van der Waals surface area contributed by atoms with E-state index in [2.05, 4.69) is 25.7 Å². The Kier molecular flexibility index (Phi) is 2.37. The highest BCUT2D eigenvalue weighted by Gasteiger charge is 2.63. The van der Waals surface area contributed by atoms with E-state index in [0.717, 1.165) is 25.3 Å². The molecule has 2 nitrogen and oxygen atoms in total. The average molecular weight is 235 g/mol. The van der Waals surface area contributed by atoms with Crippen LogP contribution in [-0.4, -0.2) is 23.4 Å². The van der Waals surface area contributed by atoms with Crippen LogP contribution in [0.15, 0.2) is 0 Å². The normalized spacial score (nSPS) is 44.4. The van der Waals surface area contributed by atoms with Crippen LogP contribution in [0.2, 0.25) is 0 Å². The van der Waals surface area contributed by atoms with Gasteiger partial charge in [0.05, 0.1) is 0 Å². The largest absolute Gasteiger partial charge is 0.339 e. The molecular formula is C15H25NO. The van der Waals surface area contributed by atoms with Crippen LogP contribution in [0.3, 0.4) is 0 Å². The summed E-state index contributed by atoms with van der Waals surface area (Å²) >= 11 is 0. The molecular weight excluding hydrogens is 210 g/mol. The van der Waals surface area contributed by atoms with Gasteiger partial charge in [0.25, 0.3) is 0 Å². The summed E-state index contributed by atoms with van der Waals surface area (Å²) in [6.07, 6.45) is 7.06. The molecule has 3 unspecified atom stereocenters. The summed E-state index contributed by atoms with van der Waals surface area (Å²) in [7, 11) is 0. The topological polar surface area (TPSA) is 20.3 Å². The number of nitrogens with zero attached hydrogens (tertiary/aromatic N) is 1. The van der Waals surface area contributed by atoms with Crippen molar-refractivity contribution in [3.8, 4) is 0 Å². The van der Waals surface area contributed by atoms with E-state index in [1.165, 1.54) is 25.7 Å². The summed E-state index contributed by atoms with van der Waals surface area (Å²) in [5.41, 5.74) is 0.792. The van der Waals surface area contributed by atoms with Gasteiger partial charge >= 0.3 is 0 Å². The van der Waals surface area contributed by atoms with Crippen LogP contribution in [0.5, 0.6) is 0 Å². The van der Waals surface area contributed by atoms with Gasteiger partial charge < -0.3 is 4.90 Å². The molecule has 3 rings (SSSR count). The smallest absolute Gasteiger partial charge is 0.222 e. The molecule has 0 aromatic heterocycles. The fourth-order valence-corrected chi connectivity index (χ4v) is 4.79. The molecule has 0 aromatic carbocycles. The average Bonchev–Trinajstić information content (AvgIpc) is 2.62. The predicted octanol–water partition coefficient (Wildman–Crippen LogP) is 3.21. The van der Waals surface area contributed by atoms with E-state index < -0.39 is 0 Å². The summed E-state index contributed by atoms with van der Waals surface area (Å²) in [6, 6.07) is 0.532. The number of amides is 1. The van der Waals surface area contributed by atoms with Gasteiger partial charge in [0.2, 0.25) is 5.91 Å². The third kappa shape index (κ3) is 1.36. The van der Waals surface area contributed by atoms with Gasteiger partial charge in [-0.15, -0.1) is 0 Å². The summed E-state index contributed by atoms with van der Waals surface area (Å²) in [4.78, 5) is 14.4. The number of hydrogen-bond acceptors (Lipinski definition) is 1. The van der Waals surface area contributed by atoms with Crippen LogP contribution in [0, 0.1) is 16.7 Å². The molecule has 2 bridgehead atoms. The van der Waals surface area contributed by atoms with Gasteiger partial charge in [0, 0.05) is 19.0 Å². The van der Waals surface area contributed by atoms with Crippen LogP contribution in [0.25, 0.3) is 0 Å². The van der Waals surface area contributed by atoms with Gasteiger partial charge in [-0.05, 0) is 48.9 Å². The molecule has 0 aromatic rings. The zero-order valence-corrected chi connectivity index (χ0v) is 11.5. The zero-order chi connectivity index (χ0) is 12.3. The number of likely N-dealkylation sites (tertiary alicyclic amines) is 1. The van der Waals surface area contributed by atoms with Crippen LogP contribution < -0.4 is 0 Å².